The molecule has 3 heterocycles. The minimum absolute atomic E-state index is 0.179. The molecule has 200 valence electrons. The number of likely N-dealkylation sites (tertiary alicyclic amines) is 1. The van der Waals surface area contributed by atoms with Crippen LogP contribution in [0.1, 0.15) is 38.3 Å². The number of carbonyl (C=O) groups excluding carboxylic acids is 1. The molecule has 1 fully saturated rings. The number of carbonyl (C=O) groups is 1. The van der Waals surface area contributed by atoms with Crippen molar-refractivity contribution in [3.8, 4) is 17.1 Å². The van der Waals surface area contributed by atoms with E-state index in [4.69, 9.17) is 19.4 Å². The zero-order valence-electron chi connectivity index (χ0n) is 22.6. The molecule has 1 saturated heterocycles. The lowest BCUT2D eigenvalue weighted by Gasteiger charge is -2.38. The van der Waals surface area contributed by atoms with Gasteiger partial charge in [-0.25, -0.2) is 9.78 Å². The van der Waals surface area contributed by atoms with E-state index in [0.717, 1.165) is 39.4 Å². The second-order valence-corrected chi connectivity index (χ2v) is 11.9. The summed E-state index contributed by atoms with van der Waals surface area (Å²) >= 11 is 1.46. The minimum Gasteiger partial charge on any atom is -0.472 e. The third kappa shape index (κ3) is 6.32. The van der Waals surface area contributed by atoms with Crippen LogP contribution < -0.4 is 14.8 Å². The third-order valence-corrected chi connectivity index (χ3v) is 7.34. The first-order valence-corrected chi connectivity index (χ1v) is 13.8. The highest BCUT2D eigenvalue weighted by molar-refractivity contribution is 8.00. The number of anilines is 2. The molecule has 1 amide bonds. The van der Waals surface area contributed by atoms with Crippen LogP contribution >= 0.6 is 11.9 Å². The summed E-state index contributed by atoms with van der Waals surface area (Å²) < 4.78 is 15.5. The molecule has 9 heteroatoms. The number of amides is 1. The van der Waals surface area contributed by atoms with Crippen LogP contribution in [0.25, 0.3) is 11.3 Å². The van der Waals surface area contributed by atoms with Gasteiger partial charge in [0.1, 0.15) is 11.7 Å². The molecule has 1 aromatic heterocycles. The molecular formula is C29H35N5O3S. The molecule has 0 aliphatic carbocycles. The maximum Gasteiger partial charge on any atom is 0.410 e. The Kier molecular flexibility index (Phi) is 7.38. The van der Waals surface area contributed by atoms with Crippen molar-refractivity contribution in [3.63, 3.8) is 0 Å². The second-order valence-electron chi connectivity index (χ2n) is 11.0. The molecule has 2 atom stereocenters. The largest absolute Gasteiger partial charge is 0.472 e. The molecule has 2 N–H and O–H groups in total. The van der Waals surface area contributed by atoms with Gasteiger partial charge >= 0.3 is 6.09 Å². The van der Waals surface area contributed by atoms with Gasteiger partial charge < -0.3 is 19.7 Å². The van der Waals surface area contributed by atoms with Gasteiger partial charge in [0, 0.05) is 35.3 Å². The zero-order valence-corrected chi connectivity index (χ0v) is 23.4. The average molecular weight is 534 g/mol. The molecule has 3 aromatic rings. The number of ether oxygens (including phenoxy) is 2. The Morgan fingerprint density at radius 2 is 1.84 bits per heavy atom. The van der Waals surface area contributed by atoms with Crippen LogP contribution in [0.5, 0.6) is 5.88 Å². The summed E-state index contributed by atoms with van der Waals surface area (Å²) in [6, 6.07) is 16.3. The predicted octanol–water partition coefficient (Wildman–Crippen LogP) is 6.31. The Labute approximate surface area is 228 Å². The number of rotatable bonds is 1. The van der Waals surface area contributed by atoms with Crippen molar-refractivity contribution in [3.05, 3.63) is 59.7 Å². The summed E-state index contributed by atoms with van der Waals surface area (Å²) in [4.78, 5) is 25.4. The summed E-state index contributed by atoms with van der Waals surface area (Å²) in [6.45, 7) is 11.6. The van der Waals surface area contributed by atoms with Crippen molar-refractivity contribution in [1.29, 1.82) is 0 Å². The van der Waals surface area contributed by atoms with E-state index in [0.29, 0.717) is 31.5 Å². The van der Waals surface area contributed by atoms with Gasteiger partial charge in [-0.05, 0) is 88.2 Å². The first-order chi connectivity index (χ1) is 18.1. The first-order valence-electron chi connectivity index (χ1n) is 13.0. The number of fused-ring (bicyclic) bond motifs is 6. The summed E-state index contributed by atoms with van der Waals surface area (Å²) in [6.07, 6.45) is 0.224. The van der Waals surface area contributed by atoms with Gasteiger partial charge in [-0.2, -0.15) is 4.98 Å². The molecule has 2 aliphatic rings. The molecular weight excluding hydrogens is 498 g/mol. The highest BCUT2D eigenvalue weighted by Crippen LogP contribution is 2.32. The molecule has 0 saturated carbocycles. The van der Waals surface area contributed by atoms with Crippen LogP contribution in [0.2, 0.25) is 0 Å². The van der Waals surface area contributed by atoms with Crippen molar-refractivity contribution in [1.82, 2.24) is 14.9 Å². The molecule has 5 rings (SSSR count). The lowest BCUT2D eigenvalue weighted by atomic mass is 9.95. The zero-order chi connectivity index (χ0) is 26.9. The van der Waals surface area contributed by atoms with E-state index in [1.54, 1.807) is 4.90 Å². The lowest BCUT2D eigenvalue weighted by molar-refractivity contribution is -0.00169. The maximum absolute atomic E-state index is 13.0. The van der Waals surface area contributed by atoms with Crippen molar-refractivity contribution >= 4 is 29.7 Å². The van der Waals surface area contributed by atoms with Gasteiger partial charge in [0.15, 0.2) is 0 Å². The Bertz CT molecular complexity index is 1310. The first kappa shape index (κ1) is 26.2. The van der Waals surface area contributed by atoms with E-state index >= 15 is 0 Å². The number of piperidine rings is 1. The number of hydrogen-bond donors (Lipinski definition) is 2. The van der Waals surface area contributed by atoms with E-state index in [1.807, 2.05) is 39.0 Å². The van der Waals surface area contributed by atoms with Crippen LogP contribution in [-0.4, -0.2) is 52.3 Å². The molecule has 0 radical (unpaired) electrons. The normalized spacial score (nSPS) is 19.3. The Hall–Kier alpha value is -3.46. The van der Waals surface area contributed by atoms with Gasteiger partial charge in [-0.1, -0.05) is 24.3 Å². The fraction of sp³-hybridized carbons (Fsp3) is 0.414. The van der Waals surface area contributed by atoms with Crippen molar-refractivity contribution < 1.29 is 14.3 Å². The smallest absolute Gasteiger partial charge is 0.410 e. The van der Waals surface area contributed by atoms with E-state index < -0.39 is 5.60 Å². The van der Waals surface area contributed by atoms with Crippen LogP contribution in [-0.2, 0) is 4.74 Å². The quantitative estimate of drug-likeness (QED) is 0.352. The van der Waals surface area contributed by atoms with Gasteiger partial charge in [-0.3, -0.25) is 4.72 Å². The molecule has 8 nitrogen and oxygen atoms in total. The van der Waals surface area contributed by atoms with Crippen LogP contribution in [0.4, 0.5) is 16.4 Å². The summed E-state index contributed by atoms with van der Waals surface area (Å²) in [5, 5.41) is 3.55. The number of nitrogens with one attached hydrogen (secondary N) is 2. The average Bonchev–Trinajstić information content (AvgIpc) is 2.85. The van der Waals surface area contributed by atoms with E-state index in [1.165, 1.54) is 11.9 Å². The molecule has 2 aromatic carbocycles. The number of aromatic nitrogens is 2. The SMILES string of the molecule is Cc1cccc(C)c1-c1cc2nc(n1)NSc1cccc(c1)NCC1CC(CN(C(=O)OC(C)(C)C)C1)O2. The summed E-state index contributed by atoms with van der Waals surface area (Å²) in [5.74, 6) is 1.13. The van der Waals surface area contributed by atoms with E-state index in [9.17, 15) is 4.79 Å². The van der Waals surface area contributed by atoms with Gasteiger partial charge in [0.05, 0.1) is 12.2 Å². The Morgan fingerprint density at radius 1 is 1.08 bits per heavy atom. The fourth-order valence-electron chi connectivity index (χ4n) is 4.95. The fourth-order valence-corrected chi connectivity index (χ4v) is 5.58. The molecule has 6 bridgehead atoms. The van der Waals surface area contributed by atoms with E-state index in [2.05, 4.69) is 54.2 Å². The number of hydrogen-bond acceptors (Lipinski definition) is 8. The van der Waals surface area contributed by atoms with E-state index in [-0.39, 0.29) is 18.1 Å². The number of nitrogens with zero attached hydrogens (tertiary/aromatic N) is 3. The highest BCUT2D eigenvalue weighted by atomic mass is 32.2. The van der Waals surface area contributed by atoms with Crippen LogP contribution in [0.3, 0.4) is 0 Å². The second kappa shape index (κ2) is 10.7. The summed E-state index contributed by atoms with van der Waals surface area (Å²) in [5.41, 5.74) is 4.59. The standard InChI is InChI=1S/C29H35N5O3S/c1-18-8-6-9-19(2)26(18)24-14-25-32-27(31-24)33-38-23-11-7-10-21(13-23)30-15-20-12-22(36-25)17-34(16-20)28(35)37-29(3,4)5/h6-11,13-14,20,22,30H,12,15-17H2,1-5H3,(H,31,32,33). The third-order valence-electron chi connectivity index (χ3n) is 6.57. The Balaban J connectivity index is 1.52. The van der Waals surface area contributed by atoms with Gasteiger partial charge in [-0.15, -0.1) is 0 Å². The topological polar surface area (TPSA) is 88.6 Å². The maximum atomic E-state index is 13.0. The van der Waals surface area contributed by atoms with Gasteiger partial charge in [0.25, 0.3) is 0 Å². The highest BCUT2D eigenvalue weighted by Gasteiger charge is 2.34. The molecule has 38 heavy (non-hydrogen) atoms. The van der Waals surface area contributed by atoms with Crippen molar-refractivity contribution in [2.45, 2.75) is 57.6 Å². The monoisotopic (exact) mass is 533 g/mol. The van der Waals surface area contributed by atoms with Crippen LogP contribution in [0, 0.1) is 19.8 Å². The molecule has 2 unspecified atom stereocenters. The molecule has 0 spiro atoms. The van der Waals surface area contributed by atoms with Crippen molar-refractivity contribution in [2.24, 2.45) is 5.92 Å². The number of benzene rings is 2. The van der Waals surface area contributed by atoms with Gasteiger partial charge in [0.2, 0.25) is 11.8 Å². The number of aryl methyl sites for hydroxylation is 2. The van der Waals surface area contributed by atoms with Crippen molar-refractivity contribution in [2.75, 3.05) is 29.7 Å². The lowest BCUT2D eigenvalue weighted by Crippen LogP contribution is -2.51. The molecule has 2 aliphatic heterocycles. The minimum atomic E-state index is -0.568. The predicted molar refractivity (Wildman–Crippen MR) is 152 cm³/mol. The van der Waals surface area contributed by atoms with Crippen LogP contribution in [0.15, 0.2) is 53.4 Å². The Morgan fingerprint density at radius 3 is 2.61 bits per heavy atom. The summed E-state index contributed by atoms with van der Waals surface area (Å²) in [7, 11) is 0.